The largest absolute Gasteiger partial charge is 0.488 e. The lowest BCUT2D eigenvalue weighted by Crippen LogP contribution is -2.22. The first-order valence-corrected chi connectivity index (χ1v) is 7.72. The summed E-state index contributed by atoms with van der Waals surface area (Å²) in [5, 5.41) is 3.40. The summed E-state index contributed by atoms with van der Waals surface area (Å²) in [6.45, 7) is 7.75. The number of ether oxygens (including phenoxy) is 2. The third-order valence-corrected chi connectivity index (χ3v) is 3.49. The summed E-state index contributed by atoms with van der Waals surface area (Å²) in [4.78, 5) is 1.17. The molecule has 0 aliphatic rings. The summed E-state index contributed by atoms with van der Waals surface area (Å²) in [6, 6.07) is 10.1. The van der Waals surface area contributed by atoms with Crippen LogP contribution in [0.2, 0.25) is 0 Å². The quantitative estimate of drug-likeness (QED) is 0.885. The fourth-order valence-corrected chi connectivity index (χ4v) is 2.49. The Balaban J connectivity index is 1.80. The Morgan fingerprint density at radius 3 is 2.43 bits per heavy atom. The van der Waals surface area contributed by atoms with E-state index in [1.54, 1.807) is 7.11 Å². The predicted molar refractivity (Wildman–Crippen MR) is 86.0 cm³/mol. The first-order chi connectivity index (χ1) is 9.96. The number of hydrogen-bond donors (Lipinski definition) is 1. The average Bonchev–Trinajstić information content (AvgIpc) is 2.87. The van der Waals surface area contributed by atoms with Crippen molar-refractivity contribution in [2.24, 2.45) is 0 Å². The molecule has 114 valence electrons. The molecular weight excluding hydrogens is 284 g/mol. The molecule has 21 heavy (non-hydrogen) atoms. The second-order valence-corrected chi connectivity index (χ2v) is 6.69. The molecule has 0 bridgehead atoms. The third kappa shape index (κ3) is 5.36. The monoisotopic (exact) mass is 306 g/mol. The van der Waals surface area contributed by atoms with Crippen molar-refractivity contribution in [2.45, 2.75) is 39.5 Å². The number of nitrogens with zero attached hydrogens (tertiary/aromatic N) is 1. The van der Waals surface area contributed by atoms with Crippen LogP contribution in [-0.4, -0.2) is 17.1 Å². The van der Waals surface area contributed by atoms with Gasteiger partial charge in [0.25, 0.3) is 0 Å². The SMILES string of the molecule is COc1cc(CNCc2ccc(OC(C)(C)C)cc2)sn1. The normalized spacial score (nSPS) is 11.4. The molecule has 0 saturated carbocycles. The van der Waals surface area contributed by atoms with E-state index in [1.807, 2.05) is 39.0 Å². The van der Waals surface area contributed by atoms with Gasteiger partial charge >= 0.3 is 0 Å². The first kappa shape index (κ1) is 15.8. The molecule has 1 heterocycles. The molecule has 2 rings (SSSR count). The van der Waals surface area contributed by atoms with E-state index in [1.165, 1.54) is 22.0 Å². The van der Waals surface area contributed by atoms with Crippen molar-refractivity contribution in [1.29, 1.82) is 0 Å². The molecule has 1 aromatic carbocycles. The van der Waals surface area contributed by atoms with E-state index in [0.29, 0.717) is 5.88 Å². The Bertz CT molecular complexity index is 558. The number of nitrogens with one attached hydrogen (secondary N) is 1. The minimum Gasteiger partial charge on any atom is -0.488 e. The van der Waals surface area contributed by atoms with Gasteiger partial charge in [-0.15, -0.1) is 0 Å². The fraction of sp³-hybridized carbons (Fsp3) is 0.438. The van der Waals surface area contributed by atoms with Gasteiger partial charge in [-0.1, -0.05) is 12.1 Å². The Morgan fingerprint density at radius 2 is 1.86 bits per heavy atom. The van der Waals surface area contributed by atoms with Crippen LogP contribution in [0.15, 0.2) is 30.3 Å². The smallest absolute Gasteiger partial charge is 0.225 e. The van der Waals surface area contributed by atoms with E-state index in [9.17, 15) is 0 Å². The van der Waals surface area contributed by atoms with Gasteiger partial charge in [0.1, 0.15) is 11.4 Å². The molecule has 0 aliphatic heterocycles. The fourth-order valence-electron chi connectivity index (χ4n) is 1.83. The van der Waals surface area contributed by atoms with Gasteiger partial charge in [-0.25, -0.2) is 0 Å². The molecule has 1 aromatic heterocycles. The van der Waals surface area contributed by atoms with Gasteiger partial charge in [0.05, 0.1) is 7.11 Å². The molecule has 0 unspecified atom stereocenters. The highest BCUT2D eigenvalue weighted by atomic mass is 32.1. The topological polar surface area (TPSA) is 43.4 Å². The molecule has 0 atom stereocenters. The van der Waals surface area contributed by atoms with Gasteiger partial charge in [-0.05, 0) is 50.0 Å². The van der Waals surface area contributed by atoms with Crippen LogP contribution in [0.5, 0.6) is 11.6 Å². The van der Waals surface area contributed by atoms with Crippen molar-refractivity contribution >= 4 is 11.5 Å². The van der Waals surface area contributed by atoms with Crippen molar-refractivity contribution in [3.8, 4) is 11.6 Å². The van der Waals surface area contributed by atoms with Crippen molar-refractivity contribution in [2.75, 3.05) is 7.11 Å². The summed E-state index contributed by atoms with van der Waals surface area (Å²) in [7, 11) is 1.63. The highest BCUT2D eigenvalue weighted by Gasteiger charge is 2.11. The van der Waals surface area contributed by atoms with Crippen molar-refractivity contribution in [3.63, 3.8) is 0 Å². The number of aromatic nitrogens is 1. The minimum absolute atomic E-state index is 0.162. The number of rotatable bonds is 6. The lowest BCUT2D eigenvalue weighted by atomic mass is 10.1. The molecule has 0 amide bonds. The van der Waals surface area contributed by atoms with Crippen LogP contribution in [0.1, 0.15) is 31.2 Å². The van der Waals surface area contributed by atoms with E-state index < -0.39 is 0 Å². The third-order valence-electron chi connectivity index (χ3n) is 2.72. The lowest BCUT2D eigenvalue weighted by Gasteiger charge is -2.21. The standard InChI is InChI=1S/C16H22N2O2S/c1-16(2,3)20-13-7-5-12(6-8-13)10-17-11-14-9-15(19-4)18-21-14/h5-9,17H,10-11H2,1-4H3. The van der Waals surface area contributed by atoms with E-state index in [0.717, 1.165) is 18.8 Å². The van der Waals surface area contributed by atoms with Gasteiger partial charge in [0, 0.05) is 24.0 Å². The molecule has 0 aliphatic carbocycles. The highest BCUT2D eigenvalue weighted by Crippen LogP contribution is 2.19. The zero-order chi connectivity index (χ0) is 15.3. The van der Waals surface area contributed by atoms with Gasteiger partial charge in [-0.2, -0.15) is 4.37 Å². The van der Waals surface area contributed by atoms with E-state index >= 15 is 0 Å². The zero-order valence-corrected chi connectivity index (χ0v) is 13.8. The summed E-state index contributed by atoms with van der Waals surface area (Å²) >= 11 is 1.46. The summed E-state index contributed by atoms with van der Waals surface area (Å²) in [5.74, 6) is 1.58. The highest BCUT2D eigenvalue weighted by molar-refractivity contribution is 7.05. The van der Waals surface area contributed by atoms with Crippen LogP contribution >= 0.6 is 11.5 Å². The number of methoxy groups -OCH3 is 1. The van der Waals surface area contributed by atoms with Crippen molar-refractivity contribution in [3.05, 3.63) is 40.8 Å². The average molecular weight is 306 g/mol. The molecule has 0 fully saturated rings. The van der Waals surface area contributed by atoms with Crippen LogP contribution in [0.25, 0.3) is 0 Å². The van der Waals surface area contributed by atoms with Gasteiger partial charge in [-0.3, -0.25) is 0 Å². The van der Waals surface area contributed by atoms with Gasteiger partial charge in [0.15, 0.2) is 0 Å². The maximum atomic E-state index is 5.80. The predicted octanol–water partition coefficient (Wildman–Crippen LogP) is 3.62. The van der Waals surface area contributed by atoms with Gasteiger partial charge < -0.3 is 14.8 Å². The molecule has 0 spiro atoms. The number of hydrogen-bond acceptors (Lipinski definition) is 5. The van der Waals surface area contributed by atoms with Crippen LogP contribution in [0.3, 0.4) is 0 Å². The Kier molecular flexibility index (Phi) is 5.20. The molecule has 1 N–H and O–H groups in total. The second-order valence-electron chi connectivity index (χ2n) is 5.80. The van der Waals surface area contributed by atoms with Gasteiger partial charge in [0.2, 0.25) is 5.88 Å². The maximum Gasteiger partial charge on any atom is 0.225 e. The van der Waals surface area contributed by atoms with E-state index in [-0.39, 0.29) is 5.60 Å². The molecule has 0 saturated heterocycles. The van der Waals surface area contributed by atoms with Crippen LogP contribution in [0, 0.1) is 0 Å². The summed E-state index contributed by atoms with van der Waals surface area (Å²) < 4.78 is 15.0. The van der Waals surface area contributed by atoms with E-state index in [4.69, 9.17) is 9.47 Å². The lowest BCUT2D eigenvalue weighted by molar-refractivity contribution is 0.131. The summed E-state index contributed by atoms with van der Waals surface area (Å²) in [6.07, 6.45) is 0. The summed E-state index contributed by atoms with van der Waals surface area (Å²) in [5.41, 5.74) is 1.07. The maximum absolute atomic E-state index is 5.80. The molecule has 5 heteroatoms. The van der Waals surface area contributed by atoms with Crippen molar-refractivity contribution in [1.82, 2.24) is 9.69 Å². The Hall–Kier alpha value is -1.59. The zero-order valence-electron chi connectivity index (χ0n) is 13.0. The first-order valence-electron chi connectivity index (χ1n) is 6.94. The number of benzene rings is 1. The van der Waals surface area contributed by atoms with Crippen LogP contribution < -0.4 is 14.8 Å². The molecule has 2 aromatic rings. The Labute approximate surface area is 130 Å². The van der Waals surface area contributed by atoms with E-state index in [2.05, 4.69) is 21.8 Å². The van der Waals surface area contributed by atoms with Crippen LogP contribution in [-0.2, 0) is 13.1 Å². The van der Waals surface area contributed by atoms with Crippen molar-refractivity contribution < 1.29 is 9.47 Å². The molecular formula is C16H22N2O2S. The molecule has 4 nitrogen and oxygen atoms in total. The Morgan fingerprint density at radius 1 is 1.14 bits per heavy atom. The molecule has 0 radical (unpaired) electrons. The minimum atomic E-state index is -0.162. The van der Waals surface area contributed by atoms with Crippen LogP contribution in [0.4, 0.5) is 0 Å². The second kappa shape index (κ2) is 6.91.